The summed E-state index contributed by atoms with van der Waals surface area (Å²) in [7, 11) is -3.87. The van der Waals surface area contributed by atoms with E-state index in [1.54, 1.807) is 23.5 Å². The number of aromatic nitrogens is 2. The minimum absolute atomic E-state index is 0.00689. The van der Waals surface area contributed by atoms with Crippen molar-refractivity contribution in [3.63, 3.8) is 0 Å². The molecule has 0 aliphatic rings. The van der Waals surface area contributed by atoms with Gasteiger partial charge in [-0.25, -0.2) is 23.1 Å². The molecule has 0 fully saturated rings. The maximum atomic E-state index is 12.1. The van der Waals surface area contributed by atoms with Crippen molar-refractivity contribution >= 4 is 49.0 Å². The van der Waals surface area contributed by atoms with Gasteiger partial charge in [0.15, 0.2) is 0 Å². The number of rotatable bonds is 5. The van der Waals surface area contributed by atoms with Crippen molar-refractivity contribution in [3.8, 4) is 11.1 Å². The van der Waals surface area contributed by atoms with Gasteiger partial charge in [0, 0.05) is 23.1 Å². The van der Waals surface area contributed by atoms with Crippen LogP contribution in [0.25, 0.3) is 21.3 Å². The van der Waals surface area contributed by atoms with E-state index in [0.717, 1.165) is 33.1 Å². The van der Waals surface area contributed by atoms with Crippen molar-refractivity contribution in [2.24, 2.45) is 0 Å². The predicted octanol–water partition coefficient (Wildman–Crippen LogP) is 4.24. The van der Waals surface area contributed by atoms with Crippen LogP contribution in [0.4, 0.5) is 11.5 Å². The molecule has 0 bridgehead atoms. The van der Waals surface area contributed by atoms with Crippen LogP contribution in [0.1, 0.15) is 11.8 Å². The summed E-state index contributed by atoms with van der Waals surface area (Å²) < 4.78 is 26.2. The van der Waals surface area contributed by atoms with Gasteiger partial charge in [0.1, 0.15) is 17.0 Å². The molecule has 7 nitrogen and oxygen atoms in total. The number of hydrogen-bond donors (Lipinski definition) is 2. The minimum atomic E-state index is -3.87. The fourth-order valence-electron chi connectivity index (χ4n) is 3.19. The predicted molar refractivity (Wildman–Crippen MR) is 118 cm³/mol. The molecular formula is C21H18N4O3S2. The second-order valence-electron chi connectivity index (χ2n) is 6.61. The zero-order valence-corrected chi connectivity index (χ0v) is 17.8. The average Bonchev–Trinajstić information content (AvgIpc) is 3.05. The molecule has 2 aromatic heterocycles. The molecule has 2 heterocycles. The lowest BCUT2D eigenvalue weighted by molar-refractivity contribution is -0.117. The van der Waals surface area contributed by atoms with Crippen LogP contribution in [-0.2, 0) is 14.8 Å². The Kier molecular flexibility index (Phi) is 5.23. The first-order chi connectivity index (χ1) is 14.3. The summed E-state index contributed by atoms with van der Waals surface area (Å²) >= 11 is 1.60. The molecular weight excluding hydrogens is 420 g/mol. The van der Waals surface area contributed by atoms with E-state index >= 15 is 0 Å². The maximum absolute atomic E-state index is 12.1. The molecule has 1 amide bonds. The number of aryl methyl sites for hydroxylation is 1. The molecule has 0 aliphatic carbocycles. The summed E-state index contributed by atoms with van der Waals surface area (Å²) in [5.74, 6) is 0.00233. The van der Waals surface area contributed by atoms with Crippen LogP contribution in [0, 0.1) is 6.92 Å². The Morgan fingerprint density at radius 1 is 1.00 bits per heavy atom. The van der Waals surface area contributed by atoms with Crippen LogP contribution in [0.2, 0.25) is 0 Å². The first-order valence-electron chi connectivity index (χ1n) is 9.05. The van der Waals surface area contributed by atoms with Gasteiger partial charge in [0.2, 0.25) is 5.91 Å². The van der Waals surface area contributed by atoms with Gasteiger partial charge in [-0.15, -0.1) is 11.3 Å². The Hall–Kier alpha value is -3.30. The molecule has 0 atom stereocenters. The number of carbonyl (C=O) groups is 1. The molecule has 0 saturated heterocycles. The fraction of sp³-hybridized carbons (Fsp3) is 0.0952. The highest BCUT2D eigenvalue weighted by Gasteiger charge is 2.18. The summed E-state index contributed by atoms with van der Waals surface area (Å²) in [5, 5.41) is 4.18. The Balaban J connectivity index is 1.72. The third-order valence-corrected chi connectivity index (χ3v) is 6.89. The SMILES string of the molecule is CC(=O)NS(=O)(=O)c1ccc(Nc2ncnc3sc(C)c(-c4ccccc4)c23)cc1. The summed E-state index contributed by atoms with van der Waals surface area (Å²) in [6.45, 7) is 3.21. The lowest BCUT2D eigenvalue weighted by atomic mass is 10.0. The number of nitrogens with one attached hydrogen (secondary N) is 2. The van der Waals surface area contributed by atoms with Crippen molar-refractivity contribution in [1.29, 1.82) is 0 Å². The number of amides is 1. The fourth-order valence-corrected chi connectivity index (χ4v) is 5.20. The van der Waals surface area contributed by atoms with Gasteiger partial charge in [0.25, 0.3) is 10.0 Å². The second kappa shape index (κ2) is 7.85. The van der Waals surface area contributed by atoms with Crippen molar-refractivity contribution in [2.75, 3.05) is 5.32 Å². The number of fused-ring (bicyclic) bond motifs is 1. The van der Waals surface area contributed by atoms with Gasteiger partial charge in [0.05, 0.1) is 10.3 Å². The Morgan fingerprint density at radius 3 is 2.37 bits per heavy atom. The Morgan fingerprint density at radius 2 is 1.70 bits per heavy atom. The third-order valence-electron chi connectivity index (χ3n) is 4.43. The van der Waals surface area contributed by atoms with Crippen LogP contribution in [-0.4, -0.2) is 24.3 Å². The topological polar surface area (TPSA) is 101 Å². The van der Waals surface area contributed by atoms with E-state index in [9.17, 15) is 13.2 Å². The molecule has 30 heavy (non-hydrogen) atoms. The highest BCUT2D eigenvalue weighted by molar-refractivity contribution is 7.90. The van der Waals surface area contributed by atoms with E-state index in [0.29, 0.717) is 11.5 Å². The highest BCUT2D eigenvalue weighted by atomic mass is 32.2. The number of hydrogen-bond acceptors (Lipinski definition) is 7. The molecule has 0 aliphatic heterocycles. The summed E-state index contributed by atoms with van der Waals surface area (Å²) in [5.41, 5.74) is 2.82. The number of nitrogens with zero attached hydrogens (tertiary/aromatic N) is 2. The lowest BCUT2D eigenvalue weighted by Gasteiger charge is -2.10. The summed E-state index contributed by atoms with van der Waals surface area (Å²) in [6.07, 6.45) is 1.50. The second-order valence-corrected chi connectivity index (χ2v) is 9.50. The standard InChI is InChI=1S/C21H18N4O3S2/c1-13-18(15-6-4-3-5-7-15)19-20(22-12-23-21(19)29-13)24-16-8-10-17(11-9-16)30(27,28)25-14(2)26/h3-12H,1-2H3,(H,25,26)(H,22,23,24). The molecule has 152 valence electrons. The van der Waals surface area contributed by atoms with Crippen molar-refractivity contribution in [1.82, 2.24) is 14.7 Å². The highest BCUT2D eigenvalue weighted by Crippen LogP contribution is 2.40. The van der Waals surface area contributed by atoms with Crippen LogP contribution < -0.4 is 10.0 Å². The smallest absolute Gasteiger partial charge is 0.264 e. The monoisotopic (exact) mass is 438 g/mol. The van der Waals surface area contributed by atoms with E-state index in [1.807, 2.05) is 35.1 Å². The molecule has 0 radical (unpaired) electrons. The van der Waals surface area contributed by atoms with Crippen LogP contribution in [0.3, 0.4) is 0 Å². The first kappa shape index (κ1) is 20.0. The van der Waals surface area contributed by atoms with Crippen molar-refractivity contribution in [2.45, 2.75) is 18.7 Å². The molecule has 2 N–H and O–H groups in total. The largest absolute Gasteiger partial charge is 0.340 e. The number of thiophene rings is 1. The van der Waals surface area contributed by atoms with Gasteiger partial charge >= 0.3 is 0 Å². The van der Waals surface area contributed by atoms with Gasteiger partial charge < -0.3 is 5.32 Å². The number of sulfonamides is 1. The number of anilines is 2. The van der Waals surface area contributed by atoms with Crippen molar-refractivity contribution < 1.29 is 13.2 Å². The lowest BCUT2D eigenvalue weighted by Crippen LogP contribution is -2.28. The van der Waals surface area contributed by atoms with Crippen LogP contribution >= 0.6 is 11.3 Å². The Labute approximate surface area is 177 Å². The zero-order chi connectivity index (χ0) is 21.3. The van der Waals surface area contributed by atoms with Crippen molar-refractivity contribution in [3.05, 3.63) is 65.8 Å². The molecule has 0 spiro atoms. The van der Waals surface area contributed by atoms with Gasteiger partial charge in [-0.1, -0.05) is 30.3 Å². The molecule has 4 aromatic rings. The van der Waals surface area contributed by atoms with E-state index in [4.69, 9.17) is 0 Å². The Bertz CT molecular complexity index is 1330. The first-order valence-corrected chi connectivity index (χ1v) is 11.3. The normalized spacial score (nSPS) is 11.4. The third kappa shape index (κ3) is 3.89. The van der Waals surface area contributed by atoms with E-state index in [1.165, 1.54) is 18.5 Å². The molecule has 0 saturated carbocycles. The summed E-state index contributed by atoms with van der Waals surface area (Å²) in [4.78, 5) is 21.9. The van der Waals surface area contributed by atoms with E-state index in [2.05, 4.69) is 22.2 Å². The number of carbonyl (C=O) groups excluding carboxylic acids is 1. The number of benzene rings is 2. The van der Waals surface area contributed by atoms with E-state index < -0.39 is 15.9 Å². The van der Waals surface area contributed by atoms with Crippen LogP contribution in [0.5, 0.6) is 0 Å². The van der Waals surface area contributed by atoms with E-state index in [-0.39, 0.29) is 4.90 Å². The van der Waals surface area contributed by atoms with Gasteiger partial charge in [-0.3, -0.25) is 4.79 Å². The summed E-state index contributed by atoms with van der Waals surface area (Å²) in [6, 6.07) is 16.2. The van der Waals surface area contributed by atoms with Gasteiger partial charge in [-0.2, -0.15) is 0 Å². The molecule has 9 heteroatoms. The maximum Gasteiger partial charge on any atom is 0.264 e. The zero-order valence-electron chi connectivity index (χ0n) is 16.2. The average molecular weight is 439 g/mol. The van der Waals surface area contributed by atoms with Gasteiger partial charge in [-0.05, 0) is 36.8 Å². The quantitative estimate of drug-likeness (QED) is 0.483. The minimum Gasteiger partial charge on any atom is -0.340 e. The molecule has 0 unspecified atom stereocenters. The van der Waals surface area contributed by atoms with Crippen LogP contribution in [0.15, 0.2) is 65.8 Å². The molecule has 2 aromatic carbocycles. The molecule has 4 rings (SSSR count).